The summed E-state index contributed by atoms with van der Waals surface area (Å²) in [5.74, 6) is 0. The Balaban J connectivity index is 1.23. The molecule has 30 heavy (non-hydrogen) atoms. The highest BCUT2D eigenvalue weighted by Crippen LogP contribution is 2.23. The van der Waals surface area contributed by atoms with Crippen LogP contribution in [-0.2, 0) is 13.1 Å². The number of aromatic nitrogens is 3. The number of nitrogens with zero attached hydrogens (tertiary/aromatic N) is 3. The molecule has 0 bridgehead atoms. The van der Waals surface area contributed by atoms with E-state index in [9.17, 15) is 4.79 Å². The highest BCUT2D eigenvalue weighted by atomic mass is 35.5. The molecule has 1 aliphatic heterocycles. The Morgan fingerprint density at radius 3 is 2.53 bits per heavy atom. The molecule has 0 radical (unpaired) electrons. The summed E-state index contributed by atoms with van der Waals surface area (Å²) in [6.45, 7) is 6.70. The molecule has 3 heterocycles. The third-order valence-electron chi connectivity index (χ3n) is 5.97. The van der Waals surface area contributed by atoms with Crippen LogP contribution in [0.25, 0.3) is 21.9 Å². The lowest BCUT2D eigenvalue weighted by molar-refractivity contribution is -0.352. The van der Waals surface area contributed by atoms with Gasteiger partial charge in [0.2, 0.25) is 6.33 Å². The van der Waals surface area contributed by atoms with Crippen molar-refractivity contribution in [3.63, 3.8) is 0 Å². The van der Waals surface area contributed by atoms with Crippen LogP contribution in [-0.4, -0.2) is 52.1 Å². The number of piperazine rings is 1. The molecule has 1 aliphatic rings. The van der Waals surface area contributed by atoms with Crippen LogP contribution in [0.3, 0.4) is 0 Å². The zero-order chi connectivity index (χ0) is 20.5. The Kier molecular flexibility index (Phi) is 5.29. The van der Waals surface area contributed by atoms with Gasteiger partial charge in [0.1, 0.15) is 6.54 Å². The maximum absolute atomic E-state index is 13.0. The van der Waals surface area contributed by atoms with Gasteiger partial charge in [-0.15, -0.1) is 0 Å². The van der Waals surface area contributed by atoms with Crippen molar-refractivity contribution in [1.29, 1.82) is 0 Å². The third kappa shape index (κ3) is 3.86. The van der Waals surface area contributed by atoms with E-state index in [1.807, 2.05) is 18.2 Å². The fourth-order valence-electron chi connectivity index (χ4n) is 4.25. The highest BCUT2D eigenvalue weighted by Gasteiger charge is 2.19. The van der Waals surface area contributed by atoms with Crippen LogP contribution >= 0.6 is 11.6 Å². The quantitative estimate of drug-likeness (QED) is 0.538. The van der Waals surface area contributed by atoms with Crippen molar-refractivity contribution in [3.05, 3.63) is 75.8 Å². The lowest BCUT2D eigenvalue weighted by Crippen LogP contribution is -2.47. The molecule has 0 aliphatic carbocycles. The predicted molar refractivity (Wildman–Crippen MR) is 120 cm³/mol. The number of fused-ring (bicyclic) bond motifs is 3. The van der Waals surface area contributed by atoms with Gasteiger partial charge in [0.05, 0.1) is 5.52 Å². The summed E-state index contributed by atoms with van der Waals surface area (Å²) in [6, 6.07) is 16.2. The molecule has 2 aromatic heterocycles. The van der Waals surface area contributed by atoms with Crippen LogP contribution in [0.15, 0.2) is 59.7 Å². The summed E-state index contributed by atoms with van der Waals surface area (Å²) in [6.07, 6.45) is 1.78. The zero-order valence-electron chi connectivity index (χ0n) is 16.8. The number of hydrogen-bond donors (Lipinski definition) is 1. The molecule has 6 nitrogen and oxygen atoms in total. The molecule has 1 fully saturated rings. The minimum Gasteiger partial charge on any atom is -0.345 e. The number of halogens is 1. The SMILES string of the molecule is O=c1c2[nH]c3ccc(Cl)cc3c2[nH+]cn1CCN1CCN(Cc2ccccc2)CC1. The van der Waals surface area contributed by atoms with E-state index < -0.39 is 0 Å². The third-order valence-corrected chi connectivity index (χ3v) is 6.21. The zero-order valence-corrected chi connectivity index (χ0v) is 17.5. The van der Waals surface area contributed by atoms with E-state index in [0.717, 1.165) is 55.7 Å². The van der Waals surface area contributed by atoms with Crippen LogP contribution in [0.5, 0.6) is 0 Å². The Morgan fingerprint density at radius 2 is 1.73 bits per heavy atom. The smallest absolute Gasteiger partial charge is 0.345 e. The van der Waals surface area contributed by atoms with E-state index in [1.54, 1.807) is 10.9 Å². The molecular weight excluding hydrogens is 398 g/mol. The van der Waals surface area contributed by atoms with Gasteiger partial charge in [-0.2, -0.15) is 4.57 Å². The molecule has 5 rings (SSSR count). The second-order valence-electron chi connectivity index (χ2n) is 7.94. The second kappa shape index (κ2) is 8.22. The Morgan fingerprint density at radius 1 is 0.967 bits per heavy atom. The lowest BCUT2D eigenvalue weighted by Gasteiger charge is -2.34. The van der Waals surface area contributed by atoms with Gasteiger partial charge in [-0.1, -0.05) is 41.9 Å². The molecule has 0 amide bonds. The van der Waals surface area contributed by atoms with Crippen molar-refractivity contribution in [2.24, 2.45) is 0 Å². The van der Waals surface area contributed by atoms with E-state index in [2.05, 4.69) is 50.1 Å². The van der Waals surface area contributed by atoms with Crippen molar-refractivity contribution in [3.8, 4) is 0 Å². The lowest BCUT2D eigenvalue weighted by atomic mass is 10.2. The van der Waals surface area contributed by atoms with E-state index in [4.69, 9.17) is 11.6 Å². The first-order valence-electron chi connectivity index (χ1n) is 10.4. The van der Waals surface area contributed by atoms with Gasteiger partial charge in [0.15, 0.2) is 11.0 Å². The standard InChI is InChI=1S/C23H24ClN5O/c24-18-6-7-20-19(14-18)21-22(26-20)23(30)29(16-25-21)13-12-27-8-10-28(11-9-27)15-17-4-2-1-3-5-17/h1-7,14,16,26H,8-13,15H2/p+1. The maximum atomic E-state index is 13.0. The van der Waals surface area contributed by atoms with Crippen molar-refractivity contribution >= 4 is 33.5 Å². The largest absolute Gasteiger partial charge is 0.361 e. The summed E-state index contributed by atoms with van der Waals surface area (Å²) in [5, 5.41) is 1.60. The minimum absolute atomic E-state index is 0.00112. The summed E-state index contributed by atoms with van der Waals surface area (Å²) in [4.78, 5) is 24.4. The summed E-state index contributed by atoms with van der Waals surface area (Å²) in [7, 11) is 0. The van der Waals surface area contributed by atoms with Gasteiger partial charge in [-0.25, -0.2) is 9.78 Å². The summed E-state index contributed by atoms with van der Waals surface area (Å²) in [5.41, 5.74) is 3.68. The van der Waals surface area contributed by atoms with Crippen molar-refractivity contribution in [2.75, 3.05) is 32.7 Å². The number of nitrogens with one attached hydrogen (secondary N) is 2. The average Bonchev–Trinajstić information content (AvgIpc) is 3.14. The van der Waals surface area contributed by atoms with Crippen LogP contribution in [0.4, 0.5) is 0 Å². The average molecular weight is 423 g/mol. The van der Waals surface area contributed by atoms with Crippen molar-refractivity contribution in [1.82, 2.24) is 19.4 Å². The van der Waals surface area contributed by atoms with Gasteiger partial charge >= 0.3 is 5.56 Å². The van der Waals surface area contributed by atoms with Gasteiger partial charge < -0.3 is 4.98 Å². The molecular formula is C23H25ClN5O+. The van der Waals surface area contributed by atoms with Crippen LogP contribution in [0.2, 0.25) is 5.02 Å². The Labute approximate surface area is 179 Å². The predicted octanol–water partition coefficient (Wildman–Crippen LogP) is 2.77. The Hall–Kier alpha value is -2.67. The fraction of sp³-hybridized carbons (Fsp3) is 0.304. The van der Waals surface area contributed by atoms with Crippen LogP contribution in [0.1, 0.15) is 5.56 Å². The maximum Gasteiger partial charge on any atom is 0.361 e. The topological polar surface area (TPSA) is 58.4 Å². The number of benzene rings is 2. The number of hydrogen-bond acceptors (Lipinski definition) is 3. The molecule has 1 saturated heterocycles. The molecule has 2 aromatic carbocycles. The highest BCUT2D eigenvalue weighted by molar-refractivity contribution is 6.31. The van der Waals surface area contributed by atoms with Crippen molar-refractivity contribution < 1.29 is 4.98 Å². The number of H-pyrrole nitrogens is 2. The monoisotopic (exact) mass is 422 g/mol. The van der Waals surface area contributed by atoms with Gasteiger partial charge in [-0.3, -0.25) is 9.80 Å². The first-order chi connectivity index (χ1) is 14.7. The second-order valence-corrected chi connectivity index (χ2v) is 8.38. The molecule has 0 unspecified atom stereocenters. The molecule has 0 saturated carbocycles. The number of rotatable bonds is 5. The molecule has 154 valence electrons. The summed E-state index contributed by atoms with van der Waals surface area (Å²) >= 11 is 6.12. The summed E-state index contributed by atoms with van der Waals surface area (Å²) < 4.78 is 1.76. The van der Waals surface area contributed by atoms with E-state index in [0.29, 0.717) is 17.1 Å². The van der Waals surface area contributed by atoms with Gasteiger partial charge in [-0.05, 0) is 23.8 Å². The Bertz CT molecular complexity index is 1230. The molecule has 0 spiro atoms. The van der Waals surface area contributed by atoms with E-state index in [-0.39, 0.29) is 5.56 Å². The van der Waals surface area contributed by atoms with Gasteiger partial charge in [0, 0.05) is 49.7 Å². The van der Waals surface area contributed by atoms with Crippen LogP contribution < -0.4 is 10.5 Å². The fourth-order valence-corrected chi connectivity index (χ4v) is 4.42. The normalized spacial score (nSPS) is 15.9. The van der Waals surface area contributed by atoms with Crippen LogP contribution in [0, 0.1) is 0 Å². The minimum atomic E-state index is -0.00112. The van der Waals surface area contributed by atoms with Crippen molar-refractivity contribution in [2.45, 2.75) is 13.1 Å². The number of aromatic amines is 2. The molecule has 2 N–H and O–H groups in total. The van der Waals surface area contributed by atoms with E-state index in [1.165, 1.54) is 5.56 Å². The molecule has 7 heteroatoms. The first kappa shape index (κ1) is 19.3. The molecule has 4 aromatic rings. The van der Waals surface area contributed by atoms with Gasteiger partial charge in [0.25, 0.3) is 0 Å². The van der Waals surface area contributed by atoms with E-state index >= 15 is 0 Å². The molecule has 0 atom stereocenters. The first-order valence-corrected chi connectivity index (χ1v) is 10.8.